The van der Waals surface area contributed by atoms with E-state index in [9.17, 15) is 4.79 Å². The van der Waals surface area contributed by atoms with Gasteiger partial charge in [-0.3, -0.25) is 14.7 Å². The van der Waals surface area contributed by atoms with Crippen molar-refractivity contribution >= 4 is 17.3 Å². The maximum absolute atomic E-state index is 14.1. The highest BCUT2D eigenvalue weighted by molar-refractivity contribution is 6.13. The predicted molar refractivity (Wildman–Crippen MR) is 112 cm³/mol. The molecule has 140 valence electrons. The van der Waals surface area contributed by atoms with Crippen LogP contribution in [0.4, 0.5) is 11.4 Å². The molecule has 1 unspecified atom stereocenters. The molecule has 5 rings (SSSR count). The number of fused-ring (bicyclic) bond motifs is 1. The molecule has 0 bridgehead atoms. The summed E-state index contributed by atoms with van der Waals surface area (Å²) in [4.78, 5) is 20.3. The Morgan fingerprint density at radius 1 is 0.724 bits per heavy atom. The molecule has 0 fully saturated rings. The molecule has 0 spiro atoms. The Morgan fingerprint density at radius 2 is 1.38 bits per heavy atom. The van der Waals surface area contributed by atoms with Crippen molar-refractivity contribution in [3.05, 3.63) is 121 Å². The largest absolute Gasteiger partial charge is 0.466 e. The fourth-order valence-electron chi connectivity index (χ4n) is 3.82. The summed E-state index contributed by atoms with van der Waals surface area (Å²) in [5.41, 5.74) is 1.55. The first-order valence-corrected chi connectivity index (χ1v) is 9.45. The summed E-state index contributed by atoms with van der Waals surface area (Å²) in [7, 11) is 0. The van der Waals surface area contributed by atoms with Gasteiger partial charge >= 0.3 is 0 Å². The number of carbonyl (C=O) groups excluding carboxylic acids is 1. The van der Waals surface area contributed by atoms with Gasteiger partial charge in [-0.1, -0.05) is 60.7 Å². The number of ether oxygens (including phenoxy) is 1. The van der Waals surface area contributed by atoms with Crippen molar-refractivity contribution < 1.29 is 9.53 Å². The zero-order valence-electron chi connectivity index (χ0n) is 15.6. The van der Waals surface area contributed by atoms with Crippen LogP contribution in [0, 0.1) is 0 Å². The Hall–Kier alpha value is -3.92. The van der Waals surface area contributed by atoms with Crippen LogP contribution in [0.15, 0.2) is 109 Å². The van der Waals surface area contributed by atoms with Crippen LogP contribution in [0.3, 0.4) is 0 Å². The number of hydrogen-bond donors (Lipinski definition) is 0. The topological polar surface area (TPSA) is 42.4 Å². The number of rotatable bonds is 4. The quantitative estimate of drug-likeness (QED) is 0.497. The number of carbonyl (C=O) groups is 1. The fourth-order valence-corrected chi connectivity index (χ4v) is 3.82. The normalized spacial score (nSPS) is 17.8. The molecule has 1 aromatic heterocycles. The summed E-state index contributed by atoms with van der Waals surface area (Å²) in [5.74, 6) is 0.420. The number of benzene rings is 3. The molecule has 0 N–H and O–H groups in total. The van der Waals surface area contributed by atoms with Gasteiger partial charge in [-0.25, -0.2) is 0 Å². The van der Waals surface area contributed by atoms with Crippen LogP contribution in [-0.4, -0.2) is 10.9 Å². The Morgan fingerprint density at radius 3 is 2.10 bits per heavy atom. The van der Waals surface area contributed by atoms with E-state index >= 15 is 0 Å². The highest BCUT2D eigenvalue weighted by atomic mass is 16.5. The van der Waals surface area contributed by atoms with Crippen LogP contribution < -0.4 is 9.64 Å². The number of hydrogen-bond acceptors (Lipinski definition) is 3. The average molecular weight is 378 g/mol. The molecule has 29 heavy (non-hydrogen) atoms. The van der Waals surface area contributed by atoms with Gasteiger partial charge in [-0.05, 0) is 42.5 Å². The van der Waals surface area contributed by atoms with Crippen LogP contribution in [0.5, 0.6) is 5.75 Å². The average Bonchev–Trinajstić information content (AvgIpc) is 3.04. The second kappa shape index (κ2) is 6.91. The minimum Gasteiger partial charge on any atom is -0.466 e. The van der Waals surface area contributed by atoms with Gasteiger partial charge in [0.25, 0.3) is 11.5 Å². The summed E-state index contributed by atoms with van der Waals surface area (Å²) < 4.78 is 6.49. The number of aromatic nitrogens is 1. The first-order valence-electron chi connectivity index (χ1n) is 9.45. The van der Waals surface area contributed by atoms with Crippen molar-refractivity contribution in [1.82, 2.24) is 4.98 Å². The van der Waals surface area contributed by atoms with Crippen molar-refractivity contribution in [3.63, 3.8) is 0 Å². The predicted octanol–water partition coefficient (Wildman–Crippen LogP) is 5.08. The van der Waals surface area contributed by atoms with Crippen molar-refractivity contribution in [3.8, 4) is 5.75 Å². The molecule has 0 aliphatic carbocycles. The lowest BCUT2D eigenvalue weighted by atomic mass is 9.90. The molecule has 1 aliphatic rings. The molecule has 1 atom stereocenters. The Balaban J connectivity index is 1.77. The van der Waals surface area contributed by atoms with E-state index in [0.717, 1.165) is 16.9 Å². The van der Waals surface area contributed by atoms with Gasteiger partial charge in [0, 0.05) is 17.4 Å². The third kappa shape index (κ3) is 2.69. The standard InChI is InChI=1S/C25H18N2O2/c28-24-25(23-17-9-10-18-26-23,29-20-13-5-2-6-14-20)21-15-7-8-16-22(21)27(24)19-11-3-1-4-12-19/h1-18H. The lowest BCUT2D eigenvalue weighted by Gasteiger charge is -2.29. The van der Waals surface area contributed by atoms with E-state index in [1.54, 1.807) is 11.1 Å². The van der Waals surface area contributed by atoms with Gasteiger partial charge in [0.15, 0.2) is 0 Å². The van der Waals surface area contributed by atoms with Crippen LogP contribution in [0.25, 0.3) is 0 Å². The molecule has 1 aliphatic heterocycles. The van der Waals surface area contributed by atoms with Gasteiger partial charge < -0.3 is 4.74 Å². The molecule has 0 saturated carbocycles. The second-order valence-electron chi connectivity index (χ2n) is 6.80. The van der Waals surface area contributed by atoms with Crippen LogP contribution >= 0.6 is 0 Å². The maximum Gasteiger partial charge on any atom is 0.287 e. The van der Waals surface area contributed by atoms with E-state index in [4.69, 9.17) is 4.74 Å². The number of nitrogens with zero attached hydrogens (tertiary/aromatic N) is 2. The molecule has 2 heterocycles. The second-order valence-corrected chi connectivity index (χ2v) is 6.80. The zero-order valence-corrected chi connectivity index (χ0v) is 15.6. The summed E-state index contributed by atoms with van der Waals surface area (Å²) in [6.45, 7) is 0. The molecule has 0 radical (unpaired) electrons. The molecular formula is C25H18N2O2. The van der Waals surface area contributed by atoms with Gasteiger partial charge in [0.05, 0.1) is 11.4 Å². The first kappa shape index (κ1) is 17.2. The van der Waals surface area contributed by atoms with Gasteiger partial charge in [0.2, 0.25) is 0 Å². The van der Waals surface area contributed by atoms with Gasteiger partial charge in [0.1, 0.15) is 5.75 Å². The molecule has 3 aromatic carbocycles. The van der Waals surface area contributed by atoms with Crippen molar-refractivity contribution in [2.24, 2.45) is 0 Å². The van der Waals surface area contributed by atoms with Crippen LogP contribution in [0.1, 0.15) is 11.3 Å². The zero-order chi connectivity index (χ0) is 19.7. The highest BCUT2D eigenvalue weighted by Gasteiger charge is 2.56. The van der Waals surface area contributed by atoms with E-state index in [1.807, 2.05) is 103 Å². The molecule has 4 nitrogen and oxygen atoms in total. The van der Waals surface area contributed by atoms with E-state index < -0.39 is 5.60 Å². The molecule has 1 amide bonds. The lowest BCUT2D eigenvalue weighted by molar-refractivity contribution is -0.129. The Labute approximate surface area is 169 Å². The number of pyridine rings is 1. The summed E-state index contributed by atoms with van der Waals surface area (Å²) >= 11 is 0. The fraction of sp³-hybridized carbons (Fsp3) is 0.0400. The van der Waals surface area contributed by atoms with E-state index in [-0.39, 0.29) is 5.91 Å². The molecular weight excluding hydrogens is 360 g/mol. The highest BCUT2D eigenvalue weighted by Crippen LogP contribution is 2.49. The smallest absolute Gasteiger partial charge is 0.287 e. The van der Waals surface area contributed by atoms with Crippen molar-refractivity contribution in [2.45, 2.75) is 5.60 Å². The Kier molecular flexibility index (Phi) is 4.10. The molecule has 0 saturated heterocycles. The number of amides is 1. The molecule has 4 aromatic rings. The maximum atomic E-state index is 14.1. The van der Waals surface area contributed by atoms with E-state index in [0.29, 0.717) is 11.4 Å². The lowest BCUT2D eigenvalue weighted by Crippen LogP contribution is -2.44. The summed E-state index contributed by atoms with van der Waals surface area (Å²) in [6.07, 6.45) is 1.69. The minimum absolute atomic E-state index is 0.188. The van der Waals surface area contributed by atoms with E-state index in [1.165, 1.54) is 0 Å². The van der Waals surface area contributed by atoms with Crippen LogP contribution in [-0.2, 0) is 10.4 Å². The SMILES string of the molecule is O=C1N(c2ccccc2)c2ccccc2C1(Oc1ccccc1)c1ccccn1. The van der Waals surface area contributed by atoms with Crippen molar-refractivity contribution in [1.29, 1.82) is 0 Å². The number of anilines is 2. The van der Waals surface area contributed by atoms with E-state index in [2.05, 4.69) is 4.98 Å². The third-order valence-corrected chi connectivity index (χ3v) is 5.08. The Bertz CT molecular complexity index is 1150. The van der Waals surface area contributed by atoms with Crippen LogP contribution in [0.2, 0.25) is 0 Å². The van der Waals surface area contributed by atoms with Crippen molar-refractivity contribution in [2.75, 3.05) is 4.90 Å². The third-order valence-electron chi connectivity index (χ3n) is 5.08. The number of para-hydroxylation sites is 3. The summed E-state index contributed by atoms with van der Waals surface area (Å²) in [6, 6.07) is 32.3. The van der Waals surface area contributed by atoms with Gasteiger partial charge in [-0.2, -0.15) is 0 Å². The minimum atomic E-state index is -1.37. The monoisotopic (exact) mass is 378 g/mol. The first-order chi connectivity index (χ1) is 14.3. The molecule has 4 heteroatoms. The summed E-state index contributed by atoms with van der Waals surface area (Å²) in [5, 5.41) is 0. The van der Waals surface area contributed by atoms with Gasteiger partial charge in [-0.15, -0.1) is 0 Å².